The van der Waals surface area contributed by atoms with Crippen LogP contribution in [0, 0.1) is 0 Å². The molecule has 0 amide bonds. The van der Waals surface area contributed by atoms with Gasteiger partial charge in [0.05, 0.1) is 23.3 Å². The number of benzene rings is 1. The van der Waals surface area contributed by atoms with E-state index in [0.717, 1.165) is 52.5 Å². The van der Waals surface area contributed by atoms with Crippen molar-refractivity contribution in [2.75, 3.05) is 20.7 Å². The van der Waals surface area contributed by atoms with Gasteiger partial charge in [-0.1, -0.05) is 13.0 Å². The number of aryl methyl sites for hydroxylation is 1. The Kier molecular flexibility index (Phi) is 5.92. The number of aliphatic imine (C=N–C) groups is 1. The third kappa shape index (κ3) is 4.26. The molecule has 8 nitrogen and oxygen atoms in total. The molecule has 1 saturated heterocycles. The first-order valence-electron chi connectivity index (χ1n) is 11.3. The smallest absolute Gasteiger partial charge is 0.166 e. The van der Waals surface area contributed by atoms with Gasteiger partial charge in [-0.2, -0.15) is 0 Å². The summed E-state index contributed by atoms with van der Waals surface area (Å²) in [4.78, 5) is 19.7. The molecule has 0 saturated carbocycles. The Labute approximate surface area is 192 Å². The van der Waals surface area contributed by atoms with Crippen LogP contribution in [-0.4, -0.2) is 57.6 Å². The van der Waals surface area contributed by atoms with Gasteiger partial charge in [0.2, 0.25) is 0 Å². The maximum absolute atomic E-state index is 6.35. The van der Waals surface area contributed by atoms with E-state index in [4.69, 9.17) is 9.47 Å². The predicted molar refractivity (Wildman–Crippen MR) is 129 cm³/mol. The average molecular weight is 445 g/mol. The molecule has 170 valence electrons. The number of aromatic nitrogens is 4. The summed E-state index contributed by atoms with van der Waals surface area (Å²) in [6.45, 7) is 2.64. The van der Waals surface area contributed by atoms with Crippen molar-refractivity contribution in [2.24, 2.45) is 4.99 Å². The van der Waals surface area contributed by atoms with Crippen LogP contribution in [0.25, 0.3) is 21.9 Å². The lowest BCUT2D eigenvalue weighted by molar-refractivity contribution is -0.0157. The van der Waals surface area contributed by atoms with E-state index in [-0.39, 0.29) is 12.3 Å². The Morgan fingerprint density at radius 2 is 2.09 bits per heavy atom. The molecule has 0 bridgehead atoms. The number of hydrogen-bond donors (Lipinski definition) is 0. The topological polar surface area (TPSA) is 77.7 Å². The lowest BCUT2D eigenvalue weighted by Gasteiger charge is -2.18. The standard InChI is InChI=1S/C25H28N6O2/c1-4-19-21(9-7-17-6-5-12-26-23(17)19)32-14-18-8-10-22(33-18)31-13-11-20-24(29-16-30(2)3)27-15-28-25(20)31/h5-7,9,11-13,15-16,18,22H,4,8,10,14H2,1-3H3/b29-16+/t18-,22?/m0/s1. The number of ether oxygens (including phenoxy) is 2. The molecule has 1 aliphatic rings. The minimum atomic E-state index is -0.0828. The van der Waals surface area contributed by atoms with Crippen molar-refractivity contribution in [3.63, 3.8) is 0 Å². The first-order valence-corrected chi connectivity index (χ1v) is 11.3. The van der Waals surface area contributed by atoms with Gasteiger partial charge < -0.3 is 18.9 Å². The molecule has 4 heterocycles. The van der Waals surface area contributed by atoms with Gasteiger partial charge in [0, 0.05) is 37.4 Å². The van der Waals surface area contributed by atoms with Gasteiger partial charge >= 0.3 is 0 Å². The van der Waals surface area contributed by atoms with Gasteiger partial charge in [0.15, 0.2) is 5.82 Å². The largest absolute Gasteiger partial charge is 0.491 e. The fourth-order valence-electron chi connectivity index (χ4n) is 4.32. The minimum absolute atomic E-state index is 0.0182. The molecule has 33 heavy (non-hydrogen) atoms. The number of fused-ring (bicyclic) bond motifs is 2. The van der Waals surface area contributed by atoms with Gasteiger partial charge in [-0.25, -0.2) is 15.0 Å². The van der Waals surface area contributed by atoms with E-state index in [2.05, 4.69) is 43.6 Å². The summed E-state index contributed by atoms with van der Waals surface area (Å²) in [5.74, 6) is 1.54. The highest BCUT2D eigenvalue weighted by Gasteiger charge is 2.28. The second-order valence-electron chi connectivity index (χ2n) is 8.44. The molecule has 4 aromatic rings. The Morgan fingerprint density at radius 1 is 1.18 bits per heavy atom. The summed E-state index contributed by atoms with van der Waals surface area (Å²) in [5.41, 5.74) is 2.98. The Bertz CT molecular complexity index is 1300. The van der Waals surface area contributed by atoms with Crippen LogP contribution in [0.4, 0.5) is 5.82 Å². The lowest BCUT2D eigenvalue weighted by atomic mass is 10.1. The number of nitrogens with zero attached hydrogens (tertiary/aromatic N) is 6. The molecule has 3 aromatic heterocycles. The van der Waals surface area contributed by atoms with E-state index in [1.807, 2.05) is 49.6 Å². The molecule has 1 aliphatic heterocycles. The van der Waals surface area contributed by atoms with Crippen molar-refractivity contribution in [3.05, 3.63) is 54.6 Å². The van der Waals surface area contributed by atoms with E-state index < -0.39 is 0 Å². The van der Waals surface area contributed by atoms with E-state index in [0.29, 0.717) is 12.4 Å². The second kappa shape index (κ2) is 9.15. The van der Waals surface area contributed by atoms with E-state index in [1.165, 1.54) is 0 Å². The summed E-state index contributed by atoms with van der Waals surface area (Å²) in [7, 11) is 3.86. The highest BCUT2D eigenvalue weighted by atomic mass is 16.6. The molecule has 0 radical (unpaired) electrons. The number of pyridine rings is 1. The van der Waals surface area contributed by atoms with Gasteiger partial charge in [0.1, 0.15) is 30.6 Å². The molecule has 0 aliphatic carbocycles. The van der Waals surface area contributed by atoms with Crippen molar-refractivity contribution < 1.29 is 9.47 Å². The van der Waals surface area contributed by atoms with Gasteiger partial charge in [0.25, 0.3) is 0 Å². The van der Waals surface area contributed by atoms with Crippen LogP contribution >= 0.6 is 0 Å². The average Bonchev–Trinajstić information content (AvgIpc) is 3.48. The summed E-state index contributed by atoms with van der Waals surface area (Å²) < 4.78 is 14.6. The van der Waals surface area contributed by atoms with Crippen LogP contribution in [0.1, 0.15) is 31.6 Å². The monoisotopic (exact) mass is 444 g/mol. The molecule has 1 unspecified atom stereocenters. The first kappa shape index (κ1) is 21.3. The van der Waals surface area contributed by atoms with Crippen molar-refractivity contribution in [1.29, 1.82) is 0 Å². The van der Waals surface area contributed by atoms with Crippen LogP contribution in [0.15, 0.2) is 54.0 Å². The minimum Gasteiger partial charge on any atom is -0.491 e. The molecule has 2 atom stereocenters. The third-order valence-corrected chi connectivity index (χ3v) is 5.91. The van der Waals surface area contributed by atoms with Crippen molar-refractivity contribution in [3.8, 4) is 5.75 Å². The number of rotatable bonds is 7. The molecule has 5 rings (SSSR count). The van der Waals surface area contributed by atoms with Crippen LogP contribution in [0.5, 0.6) is 5.75 Å². The maximum Gasteiger partial charge on any atom is 0.166 e. The molecule has 0 spiro atoms. The van der Waals surface area contributed by atoms with Gasteiger partial charge in [-0.3, -0.25) is 4.98 Å². The fraction of sp³-hybridized carbons (Fsp3) is 0.360. The van der Waals surface area contributed by atoms with Crippen LogP contribution in [0.2, 0.25) is 0 Å². The first-order chi connectivity index (χ1) is 16.1. The summed E-state index contributed by atoms with van der Waals surface area (Å²) in [6, 6.07) is 10.2. The predicted octanol–water partition coefficient (Wildman–Crippen LogP) is 4.52. The van der Waals surface area contributed by atoms with Crippen LogP contribution in [-0.2, 0) is 11.2 Å². The zero-order chi connectivity index (χ0) is 22.8. The van der Waals surface area contributed by atoms with Crippen molar-refractivity contribution in [1.82, 2.24) is 24.4 Å². The quantitative estimate of drug-likeness (QED) is 0.308. The summed E-state index contributed by atoms with van der Waals surface area (Å²) in [6.07, 6.45) is 9.76. The molecular weight excluding hydrogens is 416 g/mol. The number of hydrogen-bond acceptors (Lipinski definition) is 6. The van der Waals surface area contributed by atoms with E-state index in [1.54, 1.807) is 12.7 Å². The zero-order valence-electron chi connectivity index (χ0n) is 19.2. The third-order valence-electron chi connectivity index (χ3n) is 5.91. The normalized spacial score (nSPS) is 18.5. The molecule has 8 heteroatoms. The molecule has 1 aromatic carbocycles. The van der Waals surface area contributed by atoms with Crippen LogP contribution in [0.3, 0.4) is 0 Å². The van der Waals surface area contributed by atoms with E-state index >= 15 is 0 Å². The summed E-state index contributed by atoms with van der Waals surface area (Å²) in [5, 5.41) is 2.05. The highest BCUT2D eigenvalue weighted by molar-refractivity contribution is 5.87. The summed E-state index contributed by atoms with van der Waals surface area (Å²) >= 11 is 0. The SMILES string of the molecule is CCc1c(OC[C@@H]2CCC(n3ccc4c(/N=C/N(C)C)ncnc43)O2)ccc2cccnc12. The van der Waals surface area contributed by atoms with Crippen molar-refractivity contribution in [2.45, 2.75) is 38.5 Å². The fourth-order valence-corrected chi connectivity index (χ4v) is 4.32. The van der Waals surface area contributed by atoms with Crippen LogP contribution < -0.4 is 4.74 Å². The Hall–Kier alpha value is -3.52. The van der Waals surface area contributed by atoms with Gasteiger partial charge in [-0.15, -0.1) is 0 Å². The second-order valence-corrected chi connectivity index (χ2v) is 8.44. The van der Waals surface area contributed by atoms with E-state index in [9.17, 15) is 0 Å². The van der Waals surface area contributed by atoms with Crippen molar-refractivity contribution >= 4 is 34.1 Å². The maximum atomic E-state index is 6.35. The molecule has 0 N–H and O–H groups in total. The highest BCUT2D eigenvalue weighted by Crippen LogP contribution is 2.34. The Morgan fingerprint density at radius 3 is 2.94 bits per heavy atom. The Balaban J connectivity index is 1.29. The lowest BCUT2D eigenvalue weighted by Crippen LogP contribution is -2.19. The molecular formula is C25H28N6O2. The zero-order valence-corrected chi connectivity index (χ0v) is 19.2. The molecule has 1 fully saturated rings. The van der Waals surface area contributed by atoms with Gasteiger partial charge in [-0.05, 0) is 43.5 Å².